The molecule has 1 aromatic rings. The topological polar surface area (TPSA) is 62.2 Å². The fraction of sp³-hybridized carbons (Fsp3) is 0.455. The number of halogens is 1. The van der Waals surface area contributed by atoms with Gasteiger partial charge in [0.2, 0.25) is 0 Å². The second-order valence-electron chi connectivity index (χ2n) is 3.96. The summed E-state index contributed by atoms with van der Waals surface area (Å²) < 4.78 is 0. The van der Waals surface area contributed by atoms with Crippen molar-refractivity contribution in [3.63, 3.8) is 0 Å². The van der Waals surface area contributed by atoms with Crippen molar-refractivity contribution in [2.24, 2.45) is 5.92 Å². The van der Waals surface area contributed by atoms with Crippen molar-refractivity contribution in [3.05, 3.63) is 30.1 Å². The minimum atomic E-state index is -0.743. The molecule has 0 unspecified atom stereocenters. The lowest BCUT2D eigenvalue weighted by atomic mass is 9.97. The molecule has 1 fully saturated rings. The fourth-order valence-corrected chi connectivity index (χ4v) is 2.00. The Bertz CT molecular complexity index is 345. The normalized spacial score (nSPS) is 23.8. The fourth-order valence-electron chi connectivity index (χ4n) is 2.00. The molecule has 4 nitrogen and oxygen atoms in total. The Kier molecular flexibility index (Phi) is 4.71. The molecule has 2 heterocycles. The quantitative estimate of drug-likeness (QED) is 0.834. The molecule has 0 aromatic carbocycles. The third-order valence-electron chi connectivity index (χ3n) is 2.79. The van der Waals surface area contributed by atoms with Gasteiger partial charge in [-0.25, -0.2) is 0 Å². The van der Waals surface area contributed by atoms with Crippen molar-refractivity contribution in [1.29, 1.82) is 0 Å². The van der Waals surface area contributed by atoms with Gasteiger partial charge in [0.25, 0.3) is 0 Å². The molecule has 5 heteroatoms. The summed E-state index contributed by atoms with van der Waals surface area (Å²) in [7, 11) is 0. The van der Waals surface area contributed by atoms with Crippen LogP contribution >= 0.6 is 12.4 Å². The van der Waals surface area contributed by atoms with Gasteiger partial charge < -0.3 is 10.4 Å². The van der Waals surface area contributed by atoms with Crippen molar-refractivity contribution >= 4 is 18.4 Å². The summed E-state index contributed by atoms with van der Waals surface area (Å²) in [6.07, 6.45) is 5.19. The maximum absolute atomic E-state index is 10.7. The molecule has 2 N–H and O–H groups in total. The molecule has 1 saturated heterocycles. The molecule has 0 saturated carbocycles. The summed E-state index contributed by atoms with van der Waals surface area (Å²) in [6, 6.07) is 3.60. The molecule has 0 spiro atoms. The summed E-state index contributed by atoms with van der Waals surface area (Å²) >= 11 is 0. The molecule has 0 aliphatic carbocycles. The van der Waals surface area contributed by atoms with Crippen molar-refractivity contribution in [2.75, 3.05) is 6.54 Å². The van der Waals surface area contributed by atoms with Gasteiger partial charge in [0.15, 0.2) is 0 Å². The van der Waals surface area contributed by atoms with E-state index in [1.807, 2.05) is 12.1 Å². The zero-order valence-corrected chi connectivity index (χ0v) is 9.61. The molecule has 2 rings (SSSR count). The summed E-state index contributed by atoms with van der Waals surface area (Å²) in [5.41, 5.74) is 1.22. The maximum atomic E-state index is 10.7. The van der Waals surface area contributed by atoms with E-state index in [-0.39, 0.29) is 18.4 Å². The molecule has 0 bridgehead atoms. The Morgan fingerprint density at radius 1 is 1.50 bits per heavy atom. The molecule has 2 atom stereocenters. The first-order valence-electron chi connectivity index (χ1n) is 5.11. The van der Waals surface area contributed by atoms with Crippen molar-refractivity contribution < 1.29 is 9.90 Å². The van der Waals surface area contributed by atoms with E-state index >= 15 is 0 Å². The molecular formula is C11H15ClN2O2. The van der Waals surface area contributed by atoms with Gasteiger partial charge in [0, 0.05) is 12.4 Å². The lowest BCUT2D eigenvalue weighted by Gasteiger charge is -2.07. The van der Waals surface area contributed by atoms with Crippen molar-refractivity contribution in [1.82, 2.24) is 10.3 Å². The van der Waals surface area contributed by atoms with Crippen LogP contribution in [0.2, 0.25) is 0 Å². The van der Waals surface area contributed by atoms with Gasteiger partial charge in [-0.3, -0.25) is 9.78 Å². The third-order valence-corrected chi connectivity index (χ3v) is 2.79. The third kappa shape index (κ3) is 3.18. The lowest BCUT2D eigenvalue weighted by molar-refractivity contribution is -0.139. The number of carboxylic acid groups (broad SMARTS) is 1. The van der Waals surface area contributed by atoms with Crippen LogP contribution in [-0.2, 0) is 11.2 Å². The van der Waals surface area contributed by atoms with Gasteiger partial charge in [-0.05, 0) is 43.0 Å². The van der Waals surface area contributed by atoms with Gasteiger partial charge >= 0.3 is 5.97 Å². The Morgan fingerprint density at radius 3 is 2.75 bits per heavy atom. The molecule has 1 aliphatic rings. The van der Waals surface area contributed by atoms with E-state index in [2.05, 4.69) is 10.3 Å². The zero-order chi connectivity index (χ0) is 10.7. The number of aliphatic carboxylic acids is 1. The van der Waals surface area contributed by atoms with Gasteiger partial charge in [-0.1, -0.05) is 0 Å². The first-order valence-corrected chi connectivity index (χ1v) is 5.11. The van der Waals surface area contributed by atoms with Gasteiger partial charge in [-0.2, -0.15) is 0 Å². The predicted octanol–water partition coefficient (Wildman–Crippen LogP) is 1.11. The highest BCUT2D eigenvalue weighted by Crippen LogP contribution is 2.18. The van der Waals surface area contributed by atoms with Crippen LogP contribution in [0.1, 0.15) is 12.0 Å². The number of carbonyl (C=O) groups is 1. The number of hydrogen-bond acceptors (Lipinski definition) is 3. The number of carboxylic acids is 1. The minimum absolute atomic E-state index is 0. The Labute approximate surface area is 100 Å². The number of pyridine rings is 1. The van der Waals surface area contributed by atoms with Gasteiger partial charge in [0.1, 0.15) is 6.04 Å². The van der Waals surface area contributed by atoms with E-state index in [1.54, 1.807) is 12.4 Å². The highest BCUT2D eigenvalue weighted by atomic mass is 35.5. The molecule has 0 amide bonds. The Balaban J connectivity index is 0.00000128. The van der Waals surface area contributed by atoms with E-state index < -0.39 is 5.97 Å². The van der Waals surface area contributed by atoms with E-state index in [0.717, 1.165) is 19.4 Å². The Hall–Kier alpha value is -1.13. The second kappa shape index (κ2) is 5.82. The molecule has 1 aliphatic heterocycles. The summed E-state index contributed by atoms with van der Waals surface area (Å²) in [6.45, 7) is 0.791. The van der Waals surface area contributed by atoms with Crippen LogP contribution in [0.4, 0.5) is 0 Å². The maximum Gasteiger partial charge on any atom is 0.320 e. The molecule has 88 valence electrons. The van der Waals surface area contributed by atoms with Crippen LogP contribution < -0.4 is 5.32 Å². The van der Waals surface area contributed by atoms with E-state index in [0.29, 0.717) is 5.92 Å². The second-order valence-corrected chi connectivity index (χ2v) is 3.96. The van der Waals surface area contributed by atoms with Crippen LogP contribution in [0.5, 0.6) is 0 Å². The highest BCUT2D eigenvalue weighted by molar-refractivity contribution is 5.85. The molecule has 0 radical (unpaired) electrons. The predicted molar refractivity (Wildman–Crippen MR) is 62.7 cm³/mol. The zero-order valence-electron chi connectivity index (χ0n) is 8.80. The van der Waals surface area contributed by atoms with Crippen molar-refractivity contribution in [3.8, 4) is 0 Å². The van der Waals surface area contributed by atoms with E-state index in [4.69, 9.17) is 5.11 Å². The first kappa shape index (κ1) is 12.9. The number of aromatic nitrogens is 1. The molecular weight excluding hydrogens is 228 g/mol. The monoisotopic (exact) mass is 242 g/mol. The average molecular weight is 243 g/mol. The SMILES string of the molecule is Cl.O=C(O)[C@@H]1C[C@@H](Cc2ccncc2)CN1. The summed E-state index contributed by atoms with van der Waals surface area (Å²) in [5, 5.41) is 11.8. The van der Waals surface area contributed by atoms with E-state index in [1.165, 1.54) is 5.56 Å². The number of nitrogens with one attached hydrogen (secondary N) is 1. The standard InChI is InChI=1S/C11H14N2O2.ClH/c14-11(15)10-6-9(7-13-10)5-8-1-3-12-4-2-8;/h1-4,9-10,13H,5-7H2,(H,14,15);1H/t9-,10+;/m1./s1. The molecule has 16 heavy (non-hydrogen) atoms. The van der Waals surface area contributed by atoms with Crippen molar-refractivity contribution in [2.45, 2.75) is 18.9 Å². The van der Waals surface area contributed by atoms with Gasteiger partial charge in [-0.15, -0.1) is 12.4 Å². The van der Waals surface area contributed by atoms with Crippen LogP contribution in [0.15, 0.2) is 24.5 Å². The van der Waals surface area contributed by atoms with Crippen LogP contribution in [-0.4, -0.2) is 28.6 Å². The summed E-state index contributed by atoms with van der Waals surface area (Å²) in [4.78, 5) is 14.7. The number of nitrogens with zero attached hydrogens (tertiary/aromatic N) is 1. The first-order chi connectivity index (χ1) is 7.25. The largest absolute Gasteiger partial charge is 0.480 e. The number of rotatable bonds is 3. The Morgan fingerprint density at radius 2 is 2.19 bits per heavy atom. The minimum Gasteiger partial charge on any atom is -0.480 e. The lowest BCUT2D eigenvalue weighted by Crippen LogP contribution is -2.29. The van der Waals surface area contributed by atoms with Gasteiger partial charge in [0.05, 0.1) is 0 Å². The van der Waals surface area contributed by atoms with Crippen LogP contribution in [0.3, 0.4) is 0 Å². The van der Waals surface area contributed by atoms with E-state index in [9.17, 15) is 4.79 Å². The van der Waals surface area contributed by atoms with Crippen LogP contribution in [0, 0.1) is 5.92 Å². The summed E-state index contributed by atoms with van der Waals surface area (Å²) in [5.74, 6) is -0.319. The highest BCUT2D eigenvalue weighted by Gasteiger charge is 2.28. The van der Waals surface area contributed by atoms with Crippen LogP contribution in [0.25, 0.3) is 0 Å². The number of hydrogen-bond donors (Lipinski definition) is 2. The average Bonchev–Trinajstić information content (AvgIpc) is 2.68. The smallest absolute Gasteiger partial charge is 0.320 e. The molecule has 1 aromatic heterocycles.